The normalized spacial score (nSPS) is 12.8. The molecule has 436 valence electrons. The fourth-order valence-corrected chi connectivity index (χ4v) is 10.3. The first-order valence-electron chi connectivity index (χ1n) is 33.3. The van der Waals surface area contributed by atoms with Crippen LogP contribution in [0, 0.1) is 0 Å². The van der Waals surface area contributed by atoms with E-state index in [1.54, 1.807) is 6.08 Å². The second-order valence-electron chi connectivity index (χ2n) is 22.8. The Bertz CT molecular complexity index is 1200. The molecule has 2 atom stereocenters. The molecule has 0 radical (unpaired) electrons. The second-order valence-corrected chi connectivity index (χ2v) is 22.8. The topological polar surface area (TPSA) is 95.9 Å². The fourth-order valence-electron chi connectivity index (χ4n) is 10.3. The average Bonchev–Trinajstić information content (AvgIpc) is 3.40. The van der Waals surface area contributed by atoms with Gasteiger partial charge in [-0.05, 0) is 83.5 Å². The third kappa shape index (κ3) is 59.3. The average molecular weight is 1040 g/mol. The maximum Gasteiger partial charge on any atom is 0.305 e. The lowest BCUT2D eigenvalue weighted by atomic mass is 10.0. The molecule has 6 nitrogen and oxygen atoms in total. The first-order valence-corrected chi connectivity index (χ1v) is 33.3. The lowest BCUT2D eigenvalue weighted by Gasteiger charge is -2.20. The highest BCUT2D eigenvalue weighted by Gasteiger charge is 2.18. The van der Waals surface area contributed by atoms with Crippen molar-refractivity contribution in [1.29, 1.82) is 0 Å². The Morgan fingerprint density at radius 3 is 0.959 bits per heavy atom. The van der Waals surface area contributed by atoms with Crippen LogP contribution in [-0.4, -0.2) is 47.4 Å². The molecule has 0 saturated heterocycles. The number of unbranched alkanes of at least 4 members (excludes halogenated alkanes) is 47. The highest BCUT2D eigenvalue weighted by atomic mass is 16.5. The minimum absolute atomic E-state index is 0.00897. The van der Waals surface area contributed by atoms with Gasteiger partial charge in [0.1, 0.15) is 0 Å². The molecular formula is C68H129NO5. The van der Waals surface area contributed by atoms with E-state index in [2.05, 4.69) is 43.5 Å². The summed E-state index contributed by atoms with van der Waals surface area (Å²) in [6, 6.07) is -0.631. The number of amides is 1. The molecule has 0 spiro atoms. The van der Waals surface area contributed by atoms with E-state index in [1.165, 1.54) is 289 Å². The molecule has 0 saturated carbocycles. The van der Waals surface area contributed by atoms with Gasteiger partial charge in [-0.25, -0.2) is 0 Å². The quantitative estimate of drug-likeness (QED) is 0.0320. The maximum absolute atomic E-state index is 12.5. The summed E-state index contributed by atoms with van der Waals surface area (Å²) in [6.07, 6.45) is 80.6. The Balaban J connectivity index is 3.41. The fraction of sp³-hybridized carbons (Fsp3) is 0.882. The summed E-state index contributed by atoms with van der Waals surface area (Å²) < 4.78 is 5.50. The monoisotopic (exact) mass is 1040 g/mol. The smallest absolute Gasteiger partial charge is 0.305 e. The number of aliphatic hydroxyl groups excluding tert-OH is 2. The van der Waals surface area contributed by atoms with Gasteiger partial charge in [0.25, 0.3) is 0 Å². The van der Waals surface area contributed by atoms with Gasteiger partial charge in [-0.2, -0.15) is 0 Å². The molecule has 0 bridgehead atoms. The van der Waals surface area contributed by atoms with Gasteiger partial charge >= 0.3 is 5.97 Å². The lowest BCUT2D eigenvalue weighted by Crippen LogP contribution is -2.45. The Morgan fingerprint density at radius 2 is 0.635 bits per heavy atom. The molecule has 6 heteroatoms. The summed E-state index contributed by atoms with van der Waals surface area (Å²) in [5.41, 5.74) is 0. The number of allylic oxidation sites excluding steroid dienone is 5. The zero-order valence-corrected chi connectivity index (χ0v) is 49.8. The number of nitrogens with one attached hydrogen (secondary N) is 1. The van der Waals surface area contributed by atoms with Crippen molar-refractivity contribution < 1.29 is 24.5 Å². The van der Waals surface area contributed by atoms with Crippen molar-refractivity contribution >= 4 is 11.9 Å². The van der Waals surface area contributed by atoms with Crippen LogP contribution in [0.3, 0.4) is 0 Å². The van der Waals surface area contributed by atoms with E-state index >= 15 is 0 Å². The van der Waals surface area contributed by atoms with E-state index in [4.69, 9.17) is 4.74 Å². The van der Waals surface area contributed by atoms with Crippen molar-refractivity contribution in [3.63, 3.8) is 0 Å². The van der Waals surface area contributed by atoms with Crippen LogP contribution >= 0.6 is 0 Å². The Morgan fingerprint density at radius 1 is 0.365 bits per heavy atom. The summed E-state index contributed by atoms with van der Waals surface area (Å²) in [5, 5.41) is 23.2. The number of rotatable bonds is 62. The molecule has 1 amide bonds. The Labute approximate surface area is 462 Å². The van der Waals surface area contributed by atoms with Gasteiger partial charge in [-0.3, -0.25) is 9.59 Å². The van der Waals surface area contributed by atoms with Crippen molar-refractivity contribution in [3.8, 4) is 0 Å². The highest BCUT2D eigenvalue weighted by Crippen LogP contribution is 2.17. The Hall–Kier alpha value is -1.92. The number of ether oxygens (including phenoxy) is 1. The van der Waals surface area contributed by atoms with E-state index in [9.17, 15) is 19.8 Å². The molecule has 0 aliphatic rings. The summed E-state index contributed by atoms with van der Waals surface area (Å²) in [6.45, 7) is 4.92. The molecule has 0 aromatic carbocycles. The second kappa shape index (κ2) is 63.6. The molecule has 74 heavy (non-hydrogen) atoms. The number of hydrogen-bond donors (Lipinski definition) is 3. The molecule has 0 fully saturated rings. The van der Waals surface area contributed by atoms with Gasteiger partial charge in [-0.15, -0.1) is 0 Å². The third-order valence-electron chi connectivity index (χ3n) is 15.4. The summed E-state index contributed by atoms with van der Waals surface area (Å²) >= 11 is 0. The molecule has 2 unspecified atom stereocenters. The predicted molar refractivity (Wildman–Crippen MR) is 324 cm³/mol. The number of carbonyl (C=O) groups excluding carboxylic acids is 2. The van der Waals surface area contributed by atoms with Crippen LogP contribution < -0.4 is 5.32 Å². The van der Waals surface area contributed by atoms with Gasteiger partial charge < -0.3 is 20.3 Å². The van der Waals surface area contributed by atoms with Crippen molar-refractivity contribution in [2.24, 2.45) is 0 Å². The van der Waals surface area contributed by atoms with E-state index in [-0.39, 0.29) is 18.5 Å². The van der Waals surface area contributed by atoms with Crippen LogP contribution in [0.25, 0.3) is 0 Å². The largest absolute Gasteiger partial charge is 0.466 e. The summed E-state index contributed by atoms with van der Waals surface area (Å²) in [4.78, 5) is 24.6. The minimum atomic E-state index is -0.848. The molecule has 3 N–H and O–H groups in total. The predicted octanol–water partition coefficient (Wildman–Crippen LogP) is 21.1. The van der Waals surface area contributed by atoms with E-state index in [1.807, 2.05) is 6.08 Å². The van der Waals surface area contributed by atoms with Gasteiger partial charge in [-0.1, -0.05) is 301 Å². The standard InChI is InChI=1S/C68H129NO5/c1-3-5-7-9-11-13-15-17-19-29-34-38-42-46-50-54-58-62-68(73)74-63-59-55-51-47-43-39-35-31-28-26-24-22-21-23-25-27-30-33-37-41-45-49-53-57-61-67(72)69-65(64-70)66(71)60-56-52-48-44-40-36-32-20-18-16-14-12-10-8-6-4-2/h17,19,23,25,56,60,65-66,70-71H,3-16,18,20-22,24,26-55,57-59,61-64H2,1-2H3,(H,69,72)/b19-17-,25-23-,60-56+. The van der Waals surface area contributed by atoms with Crippen molar-refractivity contribution in [1.82, 2.24) is 5.32 Å². The van der Waals surface area contributed by atoms with Crippen molar-refractivity contribution in [2.45, 2.75) is 373 Å². The Kier molecular flexibility index (Phi) is 62.0. The van der Waals surface area contributed by atoms with Gasteiger partial charge in [0.15, 0.2) is 0 Å². The number of hydrogen-bond acceptors (Lipinski definition) is 5. The molecule has 0 aliphatic heterocycles. The summed E-state index contributed by atoms with van der Waals surface area (Å²) in [7, 11) is 0. The van der Waals surface area contributed by atoms with Gasteiger partial charge in [0.05, 0.1) is 25.4 Å². The molecule has 0 heterocycles. The lowest BCUT2D eigenvalue weighted by molar-refractivity contribution is -0.143. The number of aliphatic hydroxyl groups is 2. The molecule has 0 aliphatic carbocycles. The van der Waals surface area contributed by atoms with E-state index < -0.39 is 12.1 Å². The zero-order valence-electron chi connectivity index (χ0n) is 49.8. The number of carbonyl (C=O) groups is 2. The molecule has 0 rings (SSSR count). The van der Waals surface area contributed by atoms with Crippen molar-refractivity contribution in [2.75, 3.05) is 13.2 Å². The first kappa shape index (κ1) is 72.1. The van der Waals surface area contributed by atoms with E-state index in [0.717, 1.165) is 44.9 Å². The van der Waals surface area contributed by atoms with E-state index in [0.29, 0.717) is 19.4 Å². The molecule has 0 aromatic heterocycles. The zero-order chi connectivity index (χ0) is 53.6. The minimum Gasteiger partial charge on any atom is -0.466 e. The van der Waals surface area contributed by atoms with Crippen LogP contribution in [-0.2, 0) is 14.3 Å². The van der Waals surface area contributed by atoms with Gasteiger partial charge in [0.2, 0.25) is 5.91 Å². The third-order valence-corrected chi connectivity index (χ3v) is 15.4. The van der Waals surface area contributed by atoms with Crippen LogP contribution in [0.5, 0.6) is 0 Å². The van der Waals surface area contributed by atoms with Crippen LogP contribution in [0.15, 0.2) is 36.5 Å². The highest BCUT2D eigenvalue weighted by molar-refractivity contribution is 5.76. The summed E-state index contributed by atoms with van der Waals surface area (Å²) in [5.74, 6) is -0.0618. The molecule has 0 aromatic rings. The molecular weight excluding hydrogens is 911 g/mol. The first-order chi connectivity index (χ1) is 36.5. The van der Waals surface area contributed by atoms with Crippen LogP contribution in [0.1, 0.15) is 361 Å². The SMILES string of the molecule is CCCCCCCC/C=C\CCCCCCCCCC(=O)OCCCCCCCCCCCCCC/C=C\CCCCCCCCCCC(=O)NC(CO)C(O)/C=C/CCCCCCCCCCCCCCCC. The van der Waals surface area contributed by atoms with Crippen LogP contribution in [0.2, 0.25) is 0 Å². The van der Waals surface area contributed by atoms with Crippen LogP contribution in [0.4, 0.5) is 0 Å². The maximum atomic E-state index is 12.5. The van der Waals surface area contributed by atoms with Crippen molar-refractivity contribution in [3.05, 3.63) is 36.5 Å². The van der Waals surface area contributed by atoms with Gasteiger partial charge in [0, 0.05) is 12.8 Å². The number of esters is 1.